The van der Waals surface area contributed by atoms with Crippen LogP contribution in [0.2, 0.25) is 0 Å². The first kappa shape index (κ1) is 22.1. The van der Waals surface area contributed by atoms with Crippen molar-refractivity contribution in [3.05, 3.63) is 83.2 Å². The van der Waals surface area contributed by atoms with Crippen molar-refractivity contribution >= 4 is 5.91 Å². The number of nitrogens with zero attached hydrogens (tertiary/aromatic N) is 3. The van der Waals surface area contributed by atoms with Crippen molar-refractivity contribution in [2.45, 2.75) is 32.0 Å². The van der Waals surface area contributed by atoms with Gasteiger partial charge in [-0.15, -0.1) is 0 Å². The van der Waals surface area contributed by atoms with Gasteiger partial charge in [-0.25, -0.2) is 4.68 Å². The molecule has 2 heterocycles. The minimum absolute atomic E-state index is 0.0652. The summed E-state index contributed by atoms with van der Waals surface area (Å²) >= 11 is 0. The summed E-state index contributed by atoms with van der Waals surface area (Å²) in [6, 6.07) is 14.3. The van der Waals surface area contributed by atoms with Crippen molar-refractivity contribution in [1.29, 1.82) is 0 Å². The first-order chi connectivity index (χ1) is 15.3. The highest BCUT2D eigenvalue weighted by Gasteiger charge is 2.32. The van der Waals surface area contributed by atoms with E-state index < -0.39 is 17.8 Å². The lowest BCUT2D eigenvalue weighted by Crippen LogP contribution is -2.40. The molecule has 1 aliphatic heterocycles. The molecule has 0 unspecified atom stereocenters. The third kappa shape index (κ3) is 4.41. The average molecular weight is 443 g/mol. The molecule has 0 saturated carbocycles. The largest absolute Gasteiger partial charge is 0.416 e. The number of aliphatic hydroxyl groups excluding tert-OH is 1. The Bertz CT molecular complexity index is 1090. The second-order valence-corrected chi connectivity index (χ2v) is 8.09. The van der Waals surface area contributed by atoms with Gasteiger partial charge in [-0.3, -0.25) is 4.79 Å². The minimum Gasteiger partial charge on any atom is -0.388 e. The zero-order chi connectivity index (χ0) is 22.9. The molecule has 168 valence electrons. The normalized spacial score (nSPS) is 16.2. The smallest absolute Gasteiger partial charge is 0.388 e. The van der Waals surface area contributed by atoms with Crippen LogP contribution < -0.4 is 0 Å². The lowest BCUT2D eigenvalue weighted by atomic mass is 9.87. The number of piperidine rings is 1. The lowest BCUT2D eigenvalue weighted by molar-refractivity contribution is -0.137. The second-order valence-electron chi connectivity index (χ2n) is 8.09. The number of hydrogen-bond acceptors (Lipinski definition) is 3. The summed E-state index contributed by atoms with van der Waals surface area (Å²) in [6.45, 7) is 2.68. The fourth-order valence-corrected chi connectivity index (χ4v) is 4.20. The maximum Gasteiger partial charge on any atom is 0.416 e. The van der Waals surface area contributed by atoms with Gasteiger partial charge in [-0.1, -0.05) is 36.4 Å². The molecular weight excluding hydrogens is 419 g/mol. The molecule has 0 spiro atoms. The average Bonchev–Trinajstić information content (AvgIpc) is 3.19. The SMILES string of the molecule is Cc1c(C(=O)N2CCC([C@@H](O)c3ccccc3)CC2)cnn1-c1cccc(C(F)(F)F)c1. The first-order valence-electron chi connectivity index (χ1n) is 10.5. The van der Waals surface area contributed by atoms with E-state index in [9.17, 15) is 23.1 Å². The number of hydrogen-bond donors (Lipinski definition) is 1. The molecule has 1 N–H and O–H groups in total. The number of likely N-dealkylation sites (tertiary alicyclic amines) is 1. The van der Waals surface area contributed by atoms with Gasteiger partial charge in [0.25, 0.3) is 5.91 Å². The number of rotatable bonds is 4. The van der Waals surface area contributed by atoms with Crippen LogP contribution >= 0.6 is 0 Å². The van der Waals surface area contributed by atoms with Gasteiger partial charge in [0.1, 0.15) is 0 Å². The van der Waals surface area contributed by atoms with E-state index in [4.69, 9.17) is 0 Å². The lowest BCUT2D eigenvalue weighted by Gasteiger charge is -2.34. The van der Waals surface area contributed by atoms with Gasteiger partial charge < -0.3 is 10.0 Å². The van der Waals surface area contributed by atoms with E-state index >= 15 is 0 Å². The Kier molecular flexibility index (Phi) is 6.06. The van der Waals surface area contributed by atoms with Crippen LogP contribution in [0.1, 0.15) is 46.1 Å². The summed E-state index contributed by atoms with van der Waals surface area (Å²) in [7, 11) is 0. The number of amides is 1. The molecule has 1 atom stereocenters. The molecule has 2 aromatic carbocycles. The fourth-order valence-electron chi connectivity index (χ4n) is 4.20. The zero-order valence-electron chi connectivity index (χ0n) is 17.6. The van der Waals surface area contributed by atoms with Crippen LogP contribution in [0.4, 0.5) is 13.2 Å². The maximum absolute atomic E-state index is 13.1. The zero-order valence-corrected chi connectivity index (χ0v) is 17.6. The Morgan fingerprint density at radius 1 is 1.09 bits per heavy atom. The summed E-state index contributed by atoms with van der Waals surface area (Å²) in [6.07, 6.45) is -2.28. The van der Waals surface area contributed by atoms with Crippen molar-refractivity contribution in [3.63, 3.8) is 0 Å². The highest BCUT2D eigenvalue weighted by molar-refractivity contribution is 5.95. The monoisotopic (exact) mass is 443 g/mol. The van der Waals surface area contributed by atoms with Crippen molar-refractivity contribution < 1.29 is 23.1 Å². The number of carbonyl (C=O) groups excluding carboxylic acids is 1. The third-order valence-electron chi connectivity index (χ3n) is 6.07. The van der Waals surface area contributed by atoms with E-state index in [1.165, 1.54) is 23.0 Å². The highest BCUT2D eigenvalue weighted by atomic mass is 19.4. The number of carbonyl (C=O) groups is 1. The molecule has 5 nitrogen and oxygen atoms in total. The molecule has 1 fully saturated rings. The van der Waals surface area contributed by atoms with Crippen molar-refractivity contribution in [1.82, 2.24) is 14.7 Å². The van der Waals surface area contributed by atoms with Crippen molar-refractivity contribution in [2.24, 2.45) is 5.92 Å². The Morgan fingerprint density at radius 2 is 1.78 bits per heavy atom. The Morgan fingerprint density at radius 3 is 2.44 bits per heavy atom. The van der Waals surface area contributed by atoms with Gasteiger partial charge >= 0.3 is 6.18 Å². The topological polar surface area (TPSA) is 58.4 Å². The molecular formula is C24H24F3N3O2. The van der Waals surface area contributed by atoms with Crippen LogP contribution in [0.5, 0.6) is 0 Å². The number of benzene rings is 2. The van der Waals surface area contributed by atoms with Gasteiger partial charge in [-0.05, 0) is 49.4 Å². The molecule has 1 aromatic heterocycles. The summed E-state index contributed by atoms with van der Waals surface area (Å²) < 4.78 is 40.5. The predicted octanol–water partition coefficient (Wildman–Crippen LogP) is 4.79. The number of aromatic nitrogens is 2. The van der Waals surface area contributed by atoms with Crippen molar-refractivity contribution in [3.8, 4) is 5.69 Å². The Balaban J connectivity index is 1.46. The summed E-state index contributed by atoms with van der Waals surface area (Å²) in [5.41, 5.74) is 1.21. The van der Waals surface area contributed by atoms with E-state index in [1.807, 2.05) is 30.3 Å². The van der Waals surface area contributed by atoms with E-state index in [2.05, 4.69) is 5.10 Å². The van der Waals surface area contributed by atoms with Crippen LogP contribution in [0.15, 0.2) is 60.8 Å². The third-order valence-corrected chi connectivity index (χ3v) is 6.07. The number of alkyl halides is 3. The van der Waals surface area contributed by atoms with Crippen molar-refractivity contribution in [2.75, 3.05) is 13.1 Å². The summed E-state index contributed by atoms with van der Waals surface area (Å²) in [4.78, 5) is 14.8. The molecule has 1 saturated heterocycles. The van der Waals surface area contributed by atoms with Crippen LogP contribution in [0, 0.1) is 12.8 Å². The standard InChI is InChI=1S/C24H24F3N3O2/c1-16-21(15-28-30(16)20-9-5-8-19(14-20)24(25,26)27)23(32)29-12-10-18(11-13-29)22(31)17-6-3-2-4-7-17/h2-9,14-15,18,22,31H,10-13H2,1H3/t22-/m0/s1. The van der Waals surface area contributed by atoms with Crippen LogP contribution in [0.25, 0.3) is 5.69 Å². The summed E-state index contributed by atoms with van der Waals surface area (Å²) in [5, 5.41) is 14.8. The Hall–Kier alpha value is -3.13. The highest BCUT2D eigenvalue weighted by Crippen LogP contribution is 2.32. The molecule has 8 heteroatoms. The quantitative estimate of drug-likeness (QED) is 0.631. The molecule has 32 heavy (non-hydrogen) atoms. The first-order valence-corrected chi connectivity index (χ1v) is 10.5. The molecule has 0 aliphatic carbocycles. The molecule has 3 aromatic rings. The Labute approximate surface area is 184 Å². The second kappa shape index (κ2) is 8.78. The molecule has 1 amide bonds. The molecule has 4 rings (SSSR count). The molecule has 0 bridgehead atoms. The molecule has 0 radical (unpaired) electrons. The fraction of sp³-hybridized carbons (Fsp3) is 0.333. The van der Waals surface area contributed by atoms with Gasteiger partial charge in [0.2, 0.25) is 0 Å². The van der Waals surface area contributed by atoms with Gasteiger partial charge in [0.15, 0.2) is 0 Å². The maximum atomic E-state index is 13.1. The van der Waals surface area contributed by atoms with Gasteiger partial charge in [-0.2, -0.15) is 18.3 Å². The van der Waals surface area contributed by atoms with E-state index in [-0.39, 0.29) is 17.5 Å². The van der Waals surface area contributed by atoms with E-state index in [0.717, 1.165) is 17.7 Å². The number of halogens is 3. The van der Waals surface area contributed by atoms with Crippen LogP contribution in [-0.4, -0.2) is 38.8 Å². The predicted molar refractivity (Wildman–Crippen MR) is 113 cm³/mol. The van der Waals surface area contributed by atoms with Crippen LogP contribution in [-0.2, 0) is 6.18 Å². The number of aliphatic hydroxyl groups is 1. The minimum atomic E-state index is -4.45. The van der Waals surface area contributed by atoms with Gasteiger partial charge in [0, 0.05) is 13.1 Å². The van der Waals surface area contributed by atoms with Crippen LogP contribution in [0.3, 0.4) is 0 Å². The van der Waals surface area contributed by atoms with E-state index in [1.54, 1.807) is 11.8 Å². The van der Waals surface area contributed by atoms with Gasteiger partial charge in [0.05, 0.1) is 34.8 Å². The molecule has 1 aliphatic rings. The van der Waals surface area contributed by atoms with E-state index in [0.29, 0.717) is 37.2 Å². The summed E-state index contributed by atoms with van der Waals surface area (Å²) in [5.74, 6) is -0.135.